The molecule has 0 amide bonds. The molecule has 0 radical (unpaired) electrons. The van der Waals surface area contributed by atoms with E-state index in [0.29, 0.717) is 17.6 Å². The summed E-state index contributed by atoms with van der Waals surface area (Å²) in [5.41, 5.74) is 2.11. The minimum absolute atomic E-state index is 0.372. The number of allylic oxidation sites excluding steroid dienone is 1. The third-order valence-corrected chi connectivity index (χ3v) is 2.84. The molecule has 3 heteroatoms. The highest BCUT2D eigenvalue weighted by molar-refractivity contribution is 6.49. The number of fused-ring (bicyclic) bond motifs is 1. The van der Waals surface area contributed by atoms with Gasteiger partial charge in [0.05, 0.1) is 0 Å². The highest BCUT2D eigenvalue weighted by Crippen LogP contribution is 2.21. The SMILES string of the molecule is CN(C)C=C1CCc2ccccc2C(=O)C1=O. The van der Waals surface area contributed by atoms with Crippen molar-refractivity contribution in [2.75, 3.05) is 14.1 Å². The summed E-state index contributed by atoms with van der Waals surface area (Å²) in [4.78, 5) is 25.8. The van der Waals surface area contributed by atoms with Crippen molar-refractivity contribution in [2.24, 2.45) is 0 Å². The molecule has 0 saturated carbocycles. The lowest BCUT2D eigenvalue weighted by Crippen LogP contribution is -2.17. The van der Waals surface area contributed by atoms with Crippen LogP contribution in [0.2, 0.25) is 0 Å². The maximum absolute atomic E-state index is 12.0. The fourth-order valence-electron chi connectivity index (χ4n) is 2.05. The molecule has 1 aliphatic carbocycles. The van der Waals surface area contributed by atoms with Crippen LogP contribution in [0.5, 0.6) is 0 Å². The third-order valence-electron chi connectivity index (χ3n) is 2.84. The molecular weight excluding hydrogens is 214 g/mol. The first kappa shape index (κ1) is 11.6. The molecule has 0 saturated heterocycles. The van der Waals surface area contributed by atoms with Gasteiger partial charge in [-0.1, -0.05) is 24.3 Å². The Kier molecular flexibility index (Phi) is 3.09. The Labute approximate surface area is 101 Å². The number of hydrogen-bond acceptors (Lipinski definition) is 3. The van der Waals surface area contributed by atoms with Gasteiger partial charge in [0.25, 0.3) is 0 Å². The van der Waals surface area contributed by atoms with E-state index in [9.17, 15) is 9.59 Å². The minimum atomic E-state index is -0.383. The Balaban J connectivity index is 2.43. The molecule has 3 nitrogen and oxygen atoms in total. The largest absolute Gasteiger partial charge is 0.383 e. The van der Waals surface area contributed by atoms with Crippen molar-refractivity contribution in [3.8, 4) is 0 Å². The fourth-order valence-corrected chi connectivity index (χ4v) is 2.05. The minimum Gasteiger partial charge on any atom is -0.383 e. The van der Waals surface area contributed by atoms with Crippen LogP contribution in [-0.2, 0) is 11.2 Å². The lowest BCUT2D eigenvalue weighted by Gasteiger charge is -2.07. The number of benzene rings is 1. The van der Waals surface area contributed by atoms with Gasteiger partial charge in [0.2, 0.25) is 11.6 Å². The molecule has 0 atom stereocenters. The second-order valence-electron chi connectivity index (χ2n) is 4.43. The number of aryl methyl sites for hydroxylation is 1. The smallest absolute Gasteiger partial charge is 0.233 e. The van der Waals surface area contributed by atoms with Gasteiger partial charge in [-0.25, -0.2) is 0 Å². The molecule has 1 aromatic rings. The summed E-state index contributed by atoms with van der Waals surface area (Å²) in [6.07, 6.45) is 3.11. The van der Waals surface area contributed by atoms with Gasteiger partial charge >= 0.3 is 0 Å². The standard InChI is InChI=1S/C14H15NO2/c1-15(2)9-11-8-7-10-5-3-4-6-12(10)14(17)13(11)16/h3-6,9H,7-8H2,1-2H3. The van der Waals surface area contributed by atoms with Crippen molar-refractivity contribution in [3.05, 3.63) is 47.2 Å². The average Bonchev–Trinajstić information content (AvgIpc) is 2.42. The Morgan fingerprint density at radius 3 is 2.47 bits per heavy atom. The van der Waals surface area contributed by atoms with Crippen molar-refractivity contribution < 1.29 is 9.59 Å². The summed E-state index contributed by atoms with van der Waals surface area (Å²) in [6, 6.07) is 7.34. The summed E-state index contributed by atoms with van der Waals surface area (Å²) in [7, 11) is 3.70. The molecule has 2 rings (SSSR count). The van der Waals surface area contributed by atoms with E-state index in [1.54, 1.807) is 23.2 Å². The molecule has 0 spiro atoms. The van der Waals surface area contributed by atoms with E-state index in [1.165, 1.54) is 0 Å². The third kappa shape index (κ3) is 2.28. The highest BCUT2D eigenvalue weighted by atomic mass is 16.2. The molecule has 1 aliphatic rings. The molecule has 17 heavy (non-hydrogen) atoms. The van der Waals surface area contributed by atoms with E-state index in [4.69, 9.17) is 0 Å². The number of hydrogen-bond donors (Lipinski definition) is 0. The molecular formula is C14H15NO2. The zero-order valence-corrected chi connectivity index (χ0v) is 10.1. The van der Waals surface area contributed by atoms with Gasteiger partial charge in [0, 0.05) is 31.4 Å². The molecule has 0 heterocycles. The van der Waals surface area contributed by atoms with E-state index < -0.39 is 0 Å². The monoisotopic (exact) mass is 229 g/mol. The van der Waals surface area contributed by atoms with Crippen molar-refractivity contribution in [2.45, 2.75) is 12.8 Å². The van der Waals surface area contributed by atoms with Crippen LogP contribution in [0, 0.1) is 0 Å². The van der Waals surface area contributed by atoms with Gasteiger partial charge in [0.1, 0.15) is 0 Å². The van der Waals surface area contributed by atoms with Gasteiger partial charge in [-0.3, -0.25) is 9.59 Å². The van der Waals surface area contributed by atoms with Crippen molar-refractivity contribution in [3.63, 3.8) is 0 Å². The first-order valence-electron chi connectivity index (χ1n) is 5.63. The van der Waals surface area contributed by atoms with Crippen molar-refractivity contribution in [1.82, 2.24) is 4.90 Å². The normalized spacial score (nSPS) is 17.9. The zero-order chi connectivity index (χ0) is 12.4. The van der Waals surface area contributed by atoms with Crippen molar-refractivity contribution in [1.29, 1.82) is 0 Å². The first-order valence-corrected chi connectivity index (χ1v) is 5.63. The lowest BCUT2D eigenvalue weighted by atomic mass is 10.0. The Bertz CT molecular complexity index is 501. The molecule has 88 valence electrons. The Morgan fingerprint density at radius 2 is 1.76 bits per heavy atom. The van der Waals surface area contributed by atoms with E-state index in [1.807, 2.05) is 26.2 Å². The van der Waals surface area contributed by atoms with Crippen LogP contribution in [0.25, 0.3) is 0 Å². The Morgan fingerprint density at radius 1 is 1.06 bits per heavy atom. The van der Waals surface area contributed by atoms with Crippen LogP contribution >= 0.6 is 0 Å². The number of carbonyl (C=O) groups is 2. The van der Waals surface area contributed by atoms with E-state index >= 15 is 0 Å². The molecule has 0 bridgehead atoms. The van der Waals surface area contributed by atoms with Crippen LogP contribution in [0.3, 0.4) is 0 Å². The average molecular weight is 229 g/mol. The summed E-state index contributed by atoms with van der Waals surface area (Å²) in [5.74, 6) is -0.755. The number of Topliss-reactive ketones (excluding diaryl/α,β-unsaturated/α-hetero) is 2. The number of ketones is 2. The van der Waals surface area contributed by atoms with Gasteiger partial charge < -0.3 is 4.90 Å². The summed E-state index contributed by atoms with van der Waals surface area (Å²) in [6.45, 7) is 0. The summed E-state index contributed by atoms with van der Waals surface area (Å²) < 4.78 is 0. The van der Waals surface area contributed by atoms with Crippen LogP contribution in [0.4, 0.5) is 0 Å². The zero-order valence-electron chi connectivity index (χ0n) is 10.1. The van der Waals surface area contributed by atoms with Crippen LogP contribution in [0.15, 0.2) is 36.0 Å². The maximum Gasteiger partial charge on any atom is 0.233 e. The van der Waals surface area contributed by atoms with Crippen molar-refractivity contribution >= 4 is 11.6 Å². The van der Waals surface area contributed by atoms with E-state index in [0.717, 1.165) is 12.0 Å². The predicted octanol–water partition coefficient (Wildman–Crippen LogP) is 1.83. The number of carbonyl (C=O) groups excluding carboxylic acids is 2. The molecule has 0 aliphatic heterocycles. The predicted molar refractivity (Wildman–Crippen MR) is 65.9 cm³/mol. The maximum atomic E-state index is 12.0. The van der Waals surface area contributed by atoms with Crippen LogP contribution < -0.4 is 0 Å². The molecule has 0 aromatic heterocycles. The summed E-state index contributed by atoms with van der Waals surface area (Å²) in [5, 5.41) is 0. The van der Waals surface area contributed by atoms with E-state index in [-0.39, 0.29) is 11.6 Å². The van der Waals surface area contributed by atoms with Gasteiger partial charge in [-0.15, -0.1) is 0 Å². The number of nitrogens with zero attached hydrogens (tertiary/aromatic N) is 1. The van der Waals surface area contributed by atoms with Gasteiger partial charge in [0.15, 0.2) is 0 Å². The van der Waals surface area contributed by atoms with Gasteiger partial charge in [-0.05, 0) is 18.4 Å². The first-order chi connectivity index (χ1) is 8.09. The van der Waals surface area contributed by atoms with Crippen LogP contribution in [-0.4, -0.2) is 30.6 Å². The van der Waals surface area contributed by atoms with E-state index in [2.05, 4.69) is 0 Å². The van der Waals surface area contributed by atoms with Gasteiger partial charge in [-0.2, -0.15) is 0 Å². The quantitative estimate of drug-likeness (QED) is 0.419. The molecule has 0 fully saturated rings. The second-order valence-corrected chi connectivity index (χ2v) is 4.43. The molecule has 0 unspecified atom stereocenters. The Hall–Kier alpha value is -1.90. The number of rotatable bonds is 1. The highest BCUT2D eigenvalue weighted by Gasteiger charge is 2.26. The summed E-state index contributed by atoms with van der Waals surface area (Å²) >= 11 is 0. The fraction of sp³-hybridized carbons (Fsp3) is 0.286. The topological polar surface area (TPSA) is 37.4 Å². The van der Waals surface area contributed by atoms with Crippen LogP contribution in [0.1, 0.15) is 22.3 Å². The molecule has 1 aromatic carbocycles. The second kappa shape index (κ2) is 4.53. The molecule has 0 N–H and O–H groups in total. The lowest BCUT2D eigenvalue weighted by molar-refractivity contribution is -0.112.